The Morgan fingerprint density at radius 3 is 2.23 bits per heavy atom. The van der Waals surface area contributed by atoms with Crippen molar-refractivity contribution >= 4 is 21.9 Å². The fourth-order valence-corrected chi connectivity index (χ4v) is 2.73. The number of nitrogens with zero attached hydrogens (tertiary/aromatic N) is 1. The number of esters is 1. The zero-order chi connectivity index (χ0) is 16.9. The minimum atomic E-state index is -3.56. The molecule has 1 N–H and O–H groups in total. The second-order valence-corrected chi connectivity index (χ2v) is 6.57. The van der Waals surface area contributed by atoms with Crippen LogP contribution in [0.2, 0.25) is 0 Å². The van der Waals surface area contributed by atoms with E-state index in [1.54, 1.807) is 21.0 Å². The van der Waals surface area contributed by atoms with Crippen LogP contribution in [0.25, 0.3) is 0 Å². The summed E-state index contributed by atoms with van der Waals surface area (Å²) < 4.78 is 30.9. The molecule has 7 nitrogen and oxygen atoms in total. The Morgan fingerprint density at radius 2 is 1.77 bits per heavy atom. The van der Waals surface area contributed by atoms with E-state index in [0.717, 1.165) is 0 Å². The maximum atomic E-state index is 11.9. The van der Waals surface area contributed by atoms with Gasteiger partial charge in [0.15, 0.2) is 6.10 Å². The standard InChI is InChI=1S/C14H20N2O5S/c1-5-15-22(19,20)12-8-6-11(7-9-12)14(18)21-10(2)13(17)16(3)4/h6-10,15H,5H2,1-4H3/t10-/m1/s1. The molecule has 0 saturated carbocycles. The molecule has 0 unspecified atom stereocenters. The summed E-state index contributed by atoms with van der Waals surface area (Å²) in [7, 11) is -0.438. The average molecular weight is 328 g/mol. The first-order valence-corrected chi connectivity index (χ1v) is 8.19. The highest BCUT2D eigenvalue weighted by molar-refractivity contribution is 7.89. The van der Waals surface area contributed by atoms with Crippen LogP contribution in [0, 0.1) is 0 Å². The molecule has 122 valence electrons. The number of hydrogen-bond acceptors (Lipinski definition) is 5. The van der Waals surface area contributed by atoms with Gasteiger partial charge in [0, 0.05) is 20.6 Å². The molecule has 0 radical (unpaired) electrons. The Balaban J connectivity index is 2.83. The highest BCUT2D eigenvalue weighted by Crippen LogP contribution is 2.12. The number of rotatable bonds is 6. The van der Waals surface area contributed by atoms with Gasteiger partial charge in [0.05, 0.1) is 10.5 Å². The summed E-state index contributed by atoms with van der Waals surface area (Å²) in [6.07, 6.45) is -0.910. The number of sulfonamides is 1. The van der Waals surface area contributed by atoms with Crippen LogP contribution in [0.1, 0.15) is 24.2 Å². The van der Waals surface area contributed by atoms with Crippen molar-refractivity contribution < 1.29 is 22.7 Å². The van der Waals surface area contributed by atoms with Crippen LogP contribution in [-0.4, -0.2) is 51.9 Å². The van der Waals surface area contributed by atoms with Gasteiger partial charge in [-0.1, -0.05) is 6.92 Å². The lowest BCUT2D eigenvalue weighted by Crippen LogP contribution is -2.34. The molecule has 0 aromatic heterocycles. The third-order valence-electron chi connectivity index (χ3n) is 2.81. The lowest BCUT2D eigenvalue weighted by atomic mass is 10.2. The van der Waals surface area contributed by atoms with Crippen LogP contribution in [0.5, 0.6) is 0 Å². The minimum absolute atomic E-state index is 0.0586. The third-order valence-corrected chi connectivity index (χ3v) is 4.37. The maximum Gasteiger partial charge on any atom is 0.338 e. The van der Waals surface area contributed by atoms with Gasteiger partial charge in [0.2, 0.25) is 10.0 Å². The van der Waals surface area contributed by atoms with Gasteiger partial charge in [0.25, 0.3) is 5.91 Å². The first-order valence-electron chi connectivity index (χ1n) is 6.71. The molecule has 1 atom stereocenters. The van der Waals surface area contributed by atoms with Crippen molar-refractivity contribution in [2.24, 2.45) is 0 Å². The predicted molar refractivity (Wildman–Crippen MR) is 80.9 cm³/mol. The number of benzene rings is 1. The topological polar surface area (TPSA) is 92.8 Å². The van der Waals surface area contributed by atoms with E-state index in [1.165, 1.54) is 36.1 Å². The Hall–Kier alpha value is -1.93. The van der Waals surface area contributed by atoms with Crippen molar-refractivity contribution in [1.82, 2.24) is 9.62 Å². The van der Waals surface area contributed by atoms with Crippen LogP contribution in [0.15, 0.2) is 29.2 Å². The van der Waals surface area contributed by atoms with E-state index in [2.05, 4.69) is 4.72 Å². The number of hydrogen-bond donors (Lipinski definition) is 1. The Bertz CT molecular complexity index is 638. The van der Waals surface area contributed by atoms with Crippen LogP contribution >= 0.6 is 0 Å². The SMILES string of the molecule is CCNS(=O)(=O)c1ccc(C(=O)O[C@H](C)C(=O)N(C)C)cc1. The normalized spacial score (nSPS) is 12.5. The van der Waals surface area contributed by atoms with Crippen molar-refractivity contribution in [3.8, 4) is 0 Å². The molecule has 8 heteroatoms. The summed E-state index contributed by atoms with van der Waals surface area (Å²) in [5.74, 6) is -1.02. The molecule has 0 aliphatic rings. The Kier molecular flexibility index (Phi) is 6.07. The van der Waals surface area contributed by atoms with Gasteiger partial charge in [-0.15, -0.1) is 0 Å². The van der Waals surface area contributed by atoms with Crippen molar-refractivity contribution in [2.45, 2.75) is 24.8 Å². The summed E-state index contributed by atoms with van der Waals surface area (Å²) in [6, 6.07) is 5.32. The van der Waals surface area contributed by atoms with Crippen LogP contribution in [0.4, 0.5) is 0 Å². The zero-order valence-corrected chi connectivity index (χ0v) is 13.8. The molecule has 1 aromatic rings. The van der Waals surface area contributed by atoms with Gasteiger partial charge < -0.3 is 9.64 Å². The fraction of sp³-hybridized carbons (Fsp3) is 0.429. The van der Waals surface area contributed by atoms with E-state index in [1.807, 2.05) is 0 Å². The number of carbonyl (C=O) groups is 2. The quantitative estimate of drug-likeness (QED) is 0.773. The molecule has 0 aliphatic carbocycles. The molecule has 0 fully saturated rings. The predicted octanol–water partition coefficient (Wildman–Crippen LogP) is 0.618. The van der Waals surface area contributed by atoms with Gasteiger partial charge in [-0.3, -0.25) is 4.79 Å². The van der Waals surface area contributed by atoms with Crippen molar-refractivity contribution in [3.05, 3.63) is 29.8 Å². The van der Waals surface area contributed by atoms with Gasteiger partial charge >= 0.3 is 5.97 Å². The largest absolute Gasteiger partial charge is 0.449 e. The average Bonchev–Trinajstić information content (AvgIpc) is 2.46. The molecular weight excluding hydrogens is 308 g/mol. The van der Waals surface area contributed by atoms with Gasteiger partial charge in [-0.25, -0.2) is 17.9 Å². The first kappa shape index (κ1) is 18.1. The van der Waals surface area contributed by atoms with Gasteiger partial charge in [-0.2, -0.15) is 0 Å². The molecule has 1 rings (SSSR count). The molecule has 0 heterocycles. The van der Waals surface area contributed by atoms with Crippen molar-refractivity contribution in [2.75, 3.05) is 20.6 Å². The number of nitrogens with one attached hydrogen (secondary N) is 1. The highest BCUT2D eigenvalue weighted by atomic mass is 32.2. The number of amides is 1. The second-order valence-electron chi connectivity index (χ2n) is 4.81. The van der Waals surface area contributed by atoms with Crippen molar-refractivity contribution in [1.29, 1.82) is 0 Å². The van der Waals surface area contributed by atoms with E-state index in [9.17, 15) is 18.0 Å². The van der Waals surface area contributed by atoms with E-state index < -0.39 is 22.1 Å². The Morgan fingerprint density at radius 1 is 1.23 bits per heavy atom. The zero-order valence-electron chi connectivity index (χ0n) is 13.0. The number of carbonyl (C=O) groups excluding carboxylic acids is 2. The summed E-state index contributed by atoms with van der Waals surface area (Å²) in [5, 5.41) is 0. The monoisotopic (exact) mass is 328 g/mol. The van der Waals surface area contributed by atoms with Crippen LogP contribution < -0.4 is 4.72 Å². The highest BCUT2D eigenvalue weighted by Gasteiger charge is 2.21. The molecular formula is C14H20N2O5S. The molecule has 22 heavy (non-hydrogen) atoms. The third kappa shape index (κ3) is 4.54. The first-order chi connectivity index (χ1) is 10.2. The minimum Gasteiger partial charge on any atom is -0.449 e. The molecule has 1 amide bonds. The van der Waals surface area contributed by atoms with E-state index in [0.29, 0.717) is 0 Å². The lowest BCUT2D eigenvalue weighted by Gasteiger charge is -2.17. The van der Waals surface area contributed by atoms with Gasteiger partial charge in [-0.05, 0) is 31.2 Å². The molecule has 0 saturated heterocycles. The van der Waals surface area contributed by atoms with E-state index in [-0.39, 0.29) is 22.9 Å². The Labute approximate surface area is 130 Å². The van der Waals surface area contributed by atoms with Gasteiger partial charge in [0.1, 0.15) is 0 Å². The fourth-order valence-electron chi connectivity index (χ4n) is 1.69. The number of likely N-dealkylation sites (N-methyl/N-ethyl adjacent to an activating group) is 1. The smallest absolute Gasteiger partial charge is 0.338 e. The maximum absolute atomic E-state index is 11.9. The van der Waals surface area contributed by atoms with Crippen LogP contribution in [0.3, 0.4) is 0 Å². The molecule has 0 aliphatic heterocycles. The summed E-state index contributed by atoms with van der Waals surface area (Å²) in [6.45, 7) is 3.42. The van der Waals surface area contributed by atoms with Crippen molar-refractivity contribution in [3.63, 3.8) is 0 Å². The van der Waals surface area contributed by atoms with E-state index in [4.69, 9.17) is 4.74 Å². The lowest BCUT2D eigenvalue weighted by molar-refractivity contribution is -0.137. The van der Waals surface area contributed by atoms with Crippen LogP contribution in [-0.2, 0) is 19.6 Å². The second kappa shape index (κ2) is 7.37. The summed E-state index contributed by atoms with van der Waals surface area (Å²) in [5.41, 5.74) is 0.175. The summed E-state index contributed by atoms with van der Waals surface area (Å²) in [4.78, 5) is 24.9. The molecule has 0 bridgehead atoms. The number of ether oxygens (including phenoxy) is 1. The van der Waals surface area contributed by atoms with E-state index >= 15 is 0 Å². The summed E-state index contributed by atoms with van der Waals surface area (Å²) >= 11 is 0. The molecule has 1 aromatic carbocycles. The molecule has 0 spiro atoms.